The van der Waals surface area contributed by atoms with Crippen molar-refractivity contribution in [1.29, 1.82) is 0 Å². The molecule has 1 N–H and O–H groups in total. The van der Waals surface area contributed by atoms with E-state index in [1.54, 1.807) is 0 Å². The smallest absolute Gasteiger partial charge is 0.259 e. The minimum atomic E-state index is -0.166. The van der Waals surface area contributed by atoms with Crippen LogP contribution in [-0.4, -0.2) is 46.9 Å². The van der Waals surface area contributed by atoms with E-state index in [0.29, 0.717) is 17.8 Å². The zero-order valence-corrected chi connectivity index (χ0v) is 20.0. The number of hydrogen-bond donors (Lipinski definition) is 1. The Morgan fingerprint density at radius 1 is 0.886 bits per heavy atom. The molecule has 178 valence electrons. The highest BCUT2D eigenvalue weighted by Crippen LogP contribution is 2.24. The molecule has 0 aliphatic carbocycles. The fourth-order valence-corrected chi connectivity index (χ4v) is 4.27. The predicted molar refractivity (Wildman–Crippen MR) is 138 cm³/mol. The highest BCUT2D eigenvalue weighted by atomic mass is 16.5. The van der Waals surface area contributed by atoms with Crippen molar-refractivity contribution >= 4 is 11.6 Å². The standard InChI is InChI=1S/C29H30N4O2/c1-22-7-11-25(12-8-22)28-27(21-33(31-28)20-23-5-3-2-4-6-23)29(34)30-26-13-9-24(10-14-26)19-32-15-17-35-18-16-32/h2-14,21H,15-20H2,1H3,(H,30,34). The third kappa shape index (κ3) is 5.85. The molecular formula is C29H30N4O2. The van der Waals surface area contributed by atoms with Crippen molar-refractivity contribution in [2.45, 2.75) is 20.0 Å². The zero-order valence-electron chi connectivity index (χ0n) is 20.0. The van der Waals surface area contributed by atoms with Gasteiger partial charge in [-0.05, 0) is 30.2 Å². The molecule has 0 atom stereocenters. The van der Waals surface area contributed by atoms with Crippen molar-refractivity contribution < 1.29 is 9.53 Å². The van der Waals surface area contributed by atoms with Gasteiger partial charge in [0.1, 0.15) is 5.69 Å². The molecule has 6 nitrogen and oxygen atoms in total. The second-order valence-electron chi connectivity index (χ2n) is 8.98. The Labute approximate surface area is 206 Å². The molecule has 35 heavy (non-hydrogen) atoms. The lowest BCUT2D eigenvalue weighted by atomic mass is 10.1. The second-order valence-corrected chi connectivity index (χ2v) is 8.98. The van der Waals surface area contributed by atoms with Gasteiger partial charge in [0.15, 0.2) is 0 Å². The van der Waals surface area contributed by atoms with E-state index in [4.69, 9.17) is 9.84 Å². The van der Waals surface area contributed by atoms with Crippen LogP contribution in [-0.2, 0) is 17.8 Å². The molecule has 0 bridgehead atoms. The molecule has 6 heteroatoms. The van der Waals surface area contributed by atoms with Crippen LogP contribution in [0.1, 0.15) is 27.0 Å². The third-order valence-electron chi connectivity index (χ3n) is 6.24. The number of nitrogens with one attached hydrogen (secondary N) is 1. The van der Waals surface area contributed by atoms with E-state index in [2.05, 4.69) is 34.5 Å². The van der Waals surface area contributed by atoms with E-state index in [0.717, 1.165) is 49.7 Å². The summed E-state index contributed by atoms with van der Waals surface area (Å²) in [4.78, 5) is 15.7. The molecule has 0 spiro atoms. The molecule has 3 aromatic carbocycles. The number of nitrogens with zero attached hydrogens (tertiary/aromatic N) is 3. The average Bonchev–Trinajstić information content (AvgIpc) is 3.31. The van der Waals surface area contributed by atoms with Crippen LogP contribution in [0.15, 0.2) is 85.1 Å². The van der Waals surface area contributed by atoms with Crippen molar-refractivity contribution in [1.82, 2.24) is 14.7 Å². The summed E-state index contributed by atoms with van der Waals surface area (Å²) in [5.41, 5.74) is 6.46. The number of aryl methyl sites for hydroxylation is 1. The largest absolute Gasteiger partial charge is 0.379 e. The van der Waals surface area contributed by atoms with Gasteiger partial charge >= 0.3 is 0 Å². The first-order valence-corrected chi connectivity index (χ1v) is 12.0. The molecule has 1 aromatic heterocycles. The molecule has 4 aromatic rings. The fraction of sp³-hybridized carbons (Fsp3) is 0.241. The number of carbonyl (C=O) groups is 1. The summed E-state index contributed by atoms with van der Waals surface area (Å²) in [5, 5.41) is 7.85. The molecule has 1 aliphatic rings. The molecule has 1 fully saturated rings. The lowest BCUT2D eigenvalue weighted by Gasteiger charge is -2.26. The van der Waals surface area contributed by atoms with Crippen LogP contribution < -0.4 is 5.32 Å². The Bertz CT molecular complexity index is 1260. The van der Waals surface area contributed by atoms with Crippen molar-refractivity contribution in [3.05, 3.63) is 107 Å². The summed E-state index contributed by atoms with van der Waals surface area (Å²) < 4.78 is 7.27. The first-order valence-electron chi connectivity index (χ1n) is 12.0. The van der Waals surface area contributed by atoms with Gasteiger partial charge in [-0.1, -0.05) is 72.3 Å². The number of amides is 1. The van der Waals surface area contributed by atoms with Crippen molar-refractivity contribution in [2.75, 3.05) is 31.6 Å². The predicted octanol–water partition coefficient (Wildman–Crippen LogP) is 4.99. The fourth-order valence-electron chi connectivity index (χ4n) is 4.27. The number of carbonyl (C=O) groups excluding carboxylic acids is 1. The molecule has 5 rings (SSSR count). The van der Waals surface area contributed by atoms with Gasteiger partial charge < -0.3 is 10.1 Å². The van der Waals surface area contributed by atoms with Crippen LogP contribution in [0.3, 0.4) is 0 Å². The first-order chi connectivity index (χ1) is 17.1. The lowest BCUT2D eigenvalue weighted by molar-refractivity contribution is 0.0342. The number of rotatable bonds is 7. The van der Waals surface area contributed by atoms with Gasteiger partial charge in [0.2, 0.25) is 0 Å². The van der Waals surface area contributed by atoms with E-state index < -0.39 is 0 Å². The van der Waals surface area contributed by atoms with Gasteiger partial charge in [0, 0.05) is 37.1 Å². The number of anilines is 1. The van der Waals surface area contributed by atoms with E-state index in [1.165, 1.54) is 11.1 Å². The molecule has 0 radical (unpaired) electrons. The zero-order chi connectivity index (χ0) is 24.0. The Morgan fingerprint density at radius 3 is 2.29 bits per heavy atom. The number of morpholine rings is 1. The van der Waals surface area contributed by atoms with Crippen molar-refractivity contribution in [3.8, 4) is 11.3 Å². The minimum absolute atomic E-state index is 0.166. The monoisotopic (exact) mass is 466 g/mol. The van der Waals surface area contributed by atoms with Crippen LogP contribution in [0.5, 0.6) is 0 Å². The van der Waals surface area contributed by atoms with E-state index in [-0.39, 0.29) is 5.91 Å². The summed E-state index contributed by atoms with van der Waals surface area (Å²) in [6, 6.07) is 26.3. The molecule has 0 saturated carbocycles. The molecular weight excluding hydrogens is 436 g/mol. The number of hydrogen-bond acceptors (Lipinski definition) is 4. The van der Waals surface area contributed by atoms with E-state index >= 15 is 0 Å². The summed E-state index contributed by atoms with van der Waals surface area (Å²) in [6.45, 7) is 7.02. The van der Waals surface area contributed by atoms with Crippen molar-refractivity contribution in [3.63, 3.8) is 0 Å². The maximum Gasteiger partial charge on any atom is 0.259 e. The highest BCUT2D eigenvalue weighted by molar-refractivity contribution is 6.08. The summed E-state index contributed by atoms with van der Waals surface area (Å²) in [6.07, 6.45) is 1.84. The lowest BCUT2D eigenvalue weighted by Crippen LogP contribution is -2.35. The SMILES string of the molecule is Cc1ccc(-c2nn(Cc3ccccc3)cc2C(=O)Nc2ccc(CN3CCOCC3)cc2)cc1. The summed E-state index contributed by atoms with van der Waals surface area (Å²) >= 11 is 0. The Kier molecular flexibility index (Phi) is 7.02. The highest BCUT2D eigenvalue weighted by Gasteiger charge is 2.19. The van der Waals surface area contributed by atoms with Crippen molar-refractivity contribution in [2.24, 2.45) is 0 Å². The average molecular weight is 467 g/mol. The van der Waals surface area contributed by atoms with Gasteiger partial charge in [-0.2, -0.15) is 5.10 Å². The first kappa shape index (κ1) is 23.0. The van der Waals surface area contributed by atoms with Gasteiger partial charge in [-0.3, -0.25) is 14.4 Å². The van der Waals surface area contributed by atoms with E-state index in [9.17, 15) is 4.79 Å². The van der Waals surface area contributed by atoms with Crippen LogP contribution in [0, 0.1) is 6.92 Å². The number of aromatic nitrogens is 2. The Balaban J connectivity index is 1.35. The number of benzene rings is 3. The minimum Gasteiger partial charge on any atom is -0.379 e. The normalized spacial score (nSPS) is 14.1. The van der Waals surface area contributed by atoms with Crippen LogP contribution in [0.25, 0.3) is 11.3 Å². The Hall–Kier alpha value is -3.74. The number of ether oxygens (including phenoxy) is 1. The van der Waals surface area contributed by atoms with Crippen LogP contribution in [0.2, 0.25) is 0 Å². The van der Waals surface area contributed by atoms with Gasteiger partial charge in [-0.15, -0.1) is 0 Å². The van der Waals surface area contributed by atoms with Gasteiger partial charge in [0.05, 0.1) is 25.3 Å². The molecule has 1 saturated heterocycles. The quantitative estimate of drug-likeness (QED) is 0.417. The Morgan fingerprint density at radius 2 is 1.57 bits per heavy atom. The van der Waals surface area contributed by atoms with Crippen LogP contribution >= 0.6 is 0 Å². The van der Waals surface area contributed by atoms with E-state index in [1.807, 2.05) is 72.4 Å². The molecule has 1 amide bonds. The topological polar surface area (TPSA) is 59.4 Å². The van der Waals surface area contributed by atoms with Gasteiger partial charge in [-0.25, -0.2) is 0 Å². The second kappa shape index (κ2) is 10.7. The summed E-state index contributed by atoms with van der Waals surface area (Å²) in [5.74, 6) is -0.166. The molecule has 1 aliphatic heterocycles. The van der Waals surface area contributed by atoms with Gasteiger partial charge in [0.25, 0.3) is 5.91 Å². The molecule has 0 unspecified atom stereocenters. The maximum atomic E-state index is 13.4. The summed E-state index contributed by atoms with van der Waals surface area (Å²) in [7, 11) is 0. The van der Waals surface area contributed by atoms with Crippen LogP contribution in [0.4, 0.5) is 5.69 Å². The molecule has 2 heterocycles. The maximum absolute atomic E-state index is 13.4. The third-order valence-corrected chi connectivity index (χ3v) is 6.24.